The first kappa shape index (κ1) is 17.0. The summed E-state index contributed by atoms with van der Waals surface area (Å²) in [6.07, 6.45) is 8.31. The summed E-state index contributed by atoms with van der Waals surface area (Å²) in [5.41, 5.74) is 0.464. The number of amides is 1. The summed E-state index contributed by atoms with van der Waals surface area (Å²) in [7, 11) is 0. The van der Waals surface area contributed by atoms with Crippen molar-refractivity contribution >= 4 is 17.5 Å². The maximum atomic E-state index is 13.0. The molecule has 2 aromatic rings. The Hall–Kier alpha value is -1.85. The zero-order valence-electron chi connectivity index (χ0n) is 13.4. The number of hydrogen-bond donors (Lipinski definition) is 1. The Balaban J connectivity index is 1.80. The molecule has 24 heavy (non-hydrogen) atoms. The molecule has 0 bridgehead atoms. The van der Waals surface area contributed by atoms with Gasteiger partial charge in [0.2, 0.25) is 0 Å². The first-order chi connectivity index (χ1) is 11.7. The number of carbonyl (C=O) groups is 1. The molecule has 0 unspecified atom stereocenters. The lowest BCUT2D eigenvalue weighted by molar-refractivity contribution is 0.0557. The van der Waals surface area contributed by atoms with E-state index >= 15 is 0 Å². The number of furan rings is 1. The highest BCUT2D eigenvalue weighted by Crippen LogP contribution is 2.28. The van der Waals surface area contributed by atoms with E-state index in [1.54, 1.807) is 30.7 Å². The highest BCUT2D eigenvalue weighted by Gasteiger charge is 2.30. The number of hydrogen-bond acceptors (Lipinski definition) is 4. The number of rotatable bonds is 4. The van der Waals surface area contributed by atoms with Crippen molar-refractivity contribution < 1.29 is 14.3 Å². The van der Waals surface area contributed by atoms with E-state index < -0.39 is 6.10 Å². The van der Waals surface area contributed by atoms with Crippen molar-refractivity contribution in [3.63, 3.8) is 0 Å². The lowest BCUT2D eigenvalue weighted by Crippen LogP contribution is -2.41. The van der Waals surface area contributed by atoms with Gasteiger partial charge in [0.05, 0.1) is 16.8 Å². The van der Waals surface area contributed by atoms with Crippen LogP contribution >= 0.6 is 11.6 Å². The number of likely N-dealkylation sites (tertiary alicyclic amines) is 1. The molecule has 128 valence electrons. The fraction of sp³-hybridized carbons (Fsp3) is 0.444. The Labute approximate surface area is 146 Å². The lowest BCUT2D eigenvalue weighted by atomic mass is 10.0. The van der Waals surface area contributed by atoms with Crippen LogP contribution in [-0.4, -0.2) is 33.5 Å². The molecule has 2 atom stereocenters. The summed E-state index contributed by atoms with van der Waals surface area (Å²) in [6, 6.07) is 5.12. The van der Waals surface area contributed by atoms with Gasteiger partial charge in [-0.05, 0) is 31.0 Å². The fourth-order valence-electron chi connectivity index (χ4n) is 3.25. The Morgan fingerprint density at radius 2 is 2.29 bits per heavy atom. The zero-order chi connectivity index (χ0) is 16.9. The van der Waals surface area contributed by atoms with E-state index in [4.69, 9.17) is 16.0 Å². The average molecular weight is 349 g/mol. The van der Waals surface area contributed by atoms with Crippen LogP contribution in [0.15, 0.2) is 41.3 Å². The molecular weight excluding hydrogens is 328 g/mol. The molecule has 1 aliphatic heterocycles. The second-order valence-electron chi connectivity index (χ2n) is 6.12. The van der Waals surface area contributed by atoms with Crippen molar-refractivity contribution in [1.82, 2.24) is 9.88 Å². The minimum Gasteiger partial charge on any atom is -0.467 e. The van der Waals surface area contributed by atoms with Crippen molar-refractivity contribution in [3.05, 3.63) is 53.2 Å². The van der Waals surface area contributed by atoms with Gasteiger partial charge >= 0.3 is 0 Å². The van der Waals surface area contributed by atoms with E-state index in [0.717, 1.165) is 25.7 Å². The SMILES string of the molecule is O=C(c1ccncc1Cl)N1CCCCC[C@@H]1C[C@H](O)c1ccco1. The summed E-state index contributed by atoms with van der Waals surface area (Å²) in [5, 5.41) is 10.8. The molecule has 0 radical (unpaired) electrons. The summed E-state index contributed by atoms with van der Waals surface area (Å²) in [4.78, 5) is 18.7. The van der Waals surface area contributed by atoms with E-state index in [9.17, 15) is 9.90 Å². The van der Waals surface area contributed by atoms with Gasteiger partial charge in [-0.15, -0.1) is 0 Å². The van der Waals surface area contributed by atoms with Crippen LogP contribution in [0, 0.1) is 0 Å². The number of aromatic nitrogens is 1. The van der Waals surface area contributed by atoms with Gasteiger partial charge in [0.25, 0.3) is 5.91 Å². The highest BCUT2D eigenvalue weighted by atomic mass is 35.5. The smallest absolute Gasteiger partial charge is 0.255 e. The summed E-state index contributed by atoms with van der Waals surface area (Å²) in [6.45, 7) is 0.674. The monoisotopic (exact) mass is 348 g/mol. The number of aliphatic hydroxyl groups is 1. The third kappa shape index (κ3) is 3.79. The van der Waals surface area contributed by atoms with Crippen molar-refractivity contribution in [2.24, 2.45) is 0 Å². The molecule has 0 saturated carbocycles. The minimum absolute atomic E-state index is 0.0377. The van der Waals surface area contributed by atoms with Crippen LogP contribution in [0.1, 0.15) is 54.3 Å². The molecule has 1 N–H and O–H groups in total. The van der Waals surface area contributed by atoms with Crippen molar-refractivity contribution in [1.29, 1.82) is 0 Å². The highest BCUT2D eigenvalue weighted by molar-refractivity contribution is 6.33. The molecule has 0 spiro atoms. The average Bonchev–Trinajstić information content (AvgIpc) is 3.03. The third-order valence-corrected chi connectivity index (χ3v) is 4.81. The van der Waals surface area contributed by atoms with Gasteiger partial charge in [0, 0.05) is 31.4 Å². The summed E-state index contributed by atoms with van der Waals surface area (Å²) < 4.78 is 5.28. The van der Waals surface area contributed by atoms with E-state index in [1.807, 2.05) is 4.90 Å². The van der Waals surface area contributed by atoms with Crippen LogP contribution < -0.4 is 0 Å². The van der Waals surface area contributed by atoms with Crippen molar-refractivity contribution in [2.75, 3.05) is 6.54 Å². The molecule has 3 rings (SSSR count). The predicted octanol–water partition coefficient (Wildman–Crippen LogP) is 3.84. The molecule has 6 heteroatoms. The molecule has 5 nitrogen and oxygen atoms in total. The summed E-state index contributed by atoms with van der Waals surface area (Å²) in [5.74, 6) is 0.439. The number of aliphatic hydroxyl groups excluding tert-OH is 1. The van der Waals surface area contributed by atoms with E-state index in [1.165, 1.54) is 6.20 Å². The second kappa shape index (κ2) is 7.81. The van der Waals surface area contributed by atoms with Gasteiger partial charge in [0.15, 0.2) is 0 Å². The third-order valence-electron chi connectivity index (χ3n) is 4.51. The fourth-order valence-corrected chi connectivity index (χ4v) is 3.45. The van der Waals surface area contributed by atoms with E-state index in [2.05, 4.69) is 4.98 Å². The second-order valence-corrected chi connectivity index (χ2v) is 6.53. The van der Waals surface area contributed by atoms with Gasteiger partial charge < -0.3 is 14.4 Å². The van der Waals surface area contributed by atoms with Gasteiger partial charge in [-0.2, -0.15) is 0 Å². The Morgan fingerprint density at radius 1 is 1.42 bits per heavy atom. The van der Waals surface area contributed by atoms with E-state index in [-0.39, 0.29) is 11.9 Å². The van der Waals surface area contributed by atoms with Crippen LogP contribution in [0.2, 0.25) is 5.02 Å². The molecular formula is C18H21ClN2O3. The molecule has 0 aliphatic carbocycles. The summed E-state index contributed by atoms with van der Waals surface area (Å²) >= 11 is 6.14. The number of pyridine rings is 1. The van der Waals surface area contributed by atoms with Crippen LogP contribution in [0.3, 0.4) is 0 Å². The Kier molecular flexibility index (Phi) is 5.53. The van der Waals surface area contributed by atoms with Crippen molar-refractivity contribution in [3.8, 4) is 0 Å². The van der Waals surface area contributed by atoms with Gasteiger partial charge in [-0.1, -0.05) is 24.4 Å². The largest absolute Gasteiger partial charge is 0.467 e. The minimum atomic E-state index is -0.716. The standard InChI is InChI=1S/C18H21ClN2O3/c19-15-12-20-8-7-14(15)18(23)21-9-3-1-2-5-13(21)11-16(22)17-6-4-10-24-17/h4,6-8,10,12-13,16,22H,1-3,5,9,11H2/t13-,16+/m1/s1. The van der Waals surface area contributed by atoms with Gasteiger partial charge in [-0.25, -0.2) is 0 Å². The maximum absolute atomic E-state index is 13.0. The quantitative estimate of drug-likeness (QED) is 0.911. The topological polar surface area (TPSA) is 66.6 Å². The Bertz CT molecular complexity index is 675. The Morgan fingerprint density at radius 3 is 3.04 bits per heavy atom. The number of nitrogens with zero attached hydrogens (tertiary/aromatic N) is 2. The van der Waals surface area contributed by atoms with Crippen molar-refractivity contribution in [2.45, 2.75) is 44.2 Å². The first-order valence-corrected chi connectivity index (χ1v) is 8.66. The first-order valence-electron chi connectivity index (χ1n) is 8.29. The molecule has 1 aliphatic rings. The number of halogens is 1. The molecule has 3 heterocycles. The molecule has 1 saturated heterocycles. The molecule has 1 fully saturated rings. The zero-order valence-corrected chi connectivity index (χ0v) is 14.2. The van der Waals surface area contributed by atoms with Crippen LogP contribution in [0.25, 0.3) is 0 Å². The lowest BCUT2D eigenvalue weighted by Gasteiger charge is -2.31. The molecule has 0 aromatic carbocycles. The number of carbonyl (C=O) groups excluding carboxylic acids is 1. The predicted molar refractivity (Wildman–Crippen MR) is 90.8 cm³/mol. The normalized spacial score (nSPS) is 19.8. The van der Waals surface area contributed by atoms with Gasteiger partial charge in [0.1, 0.15) is 11.9 Å². The maximum Gasteiger partial charge on any atom is 0.255 e. The van der Waals surface area contributed by atoms with Crippen LogP contribution in [0.5, 0.6) is 0 Å². The van der Waals surface area contributed by atoms with E-state index in [0.29, 0.717) is 29.3 Å². The van der Waals surface area contributed by atoms with Crippen LogP contribution in [0.4, 0.5) is 0 Å². The molecule has 2 aromatic heterocycles. The van der Waals surface area contributed by atoms with Gasteiger partial charge in [-0.3, -0.25) is 9.78 Å². The molecule has 1 amide bonds. The van der Waals surface area contributed by atoms with Crippen LogP contribution in [-0.2, 0) is 0 Å².